The molecule has 0 aliphatic rings. The fourth-order valence-corrected chi connectivity index (χ4v) is 1.44. The summed E-state index contributed by atoms with van der Waals surface area (Å²) in [5.74, 6) is -0.446. The van der Waals surface area contributed by atoms with Gasteiger partial charge in [-0.15, -0.1) is 0 Å². The molecule has 0 spiro atoms. The van der Waals surface area contributed by atoms with E-state index in [2.05, 4.69) is 25.7 Å². The van der Waals surface area contributed by atoms with Gasteiger partial charge in [0.1, 0.15) is 0 Å². The SMILES string of the molecule is CC(CC(=O)O[O-])CC(C)(C)C.[K+]. The van der Waals surface area contributed by atoms with Crippen molar-refractivity contribution in [1.82, 2.24) is 0 Å². The molecule has 1 atom stereocenters. The second kappa shape index (κ2) is 7.37. The average molecular weight is 212 g/mol. The molecule has 0 aromatic rings. The number of carbonyl (C=O) groups excluding carboxylic acids is 1. The molecule has 0 saturated heterocycles. The van der Waals surface area contributed by atoms with Gasteiger partial charge in [-0.05, 0) is 17.8 Å². The van der Waals surface area contributed by atoms with E-state index in [0.717, 1.165) is 6.42 Å². The van der Waals surface area contributed by atoms with E-state index in [-0.39, 0.29) is 69.1 Å². The summed E-state index contributed by atoms with van der Waals surface area (Å²) in [4.78, 5) is 13.9. The van der Waals surface area contributed by atoms with Crippen LogP contribution in [0.3, 0.4) is 0 Å². The van der Waals surface area contributed by atoms with Gasteiger partial charge in [-0.3, -0.25) is 4.79 Å². The van der Waals surface area contributed by atoms with Gasteiger partial charge in [0.25, 0.3) is 5.97 Å². The van der Waals surface area contributed by atoms with Crippen molar-refractivity contribution in [2.45, 2.75) is 40.5 Å². The van der Waals surface area contributed by atoms with Gasteiger partial charge in [-0.25, -0.2) is 0 Å². The van der Waals surface area contributed by atoms with Crippen molar-refractivity contribution in [3.05, 3.63) is 0 Å². The van der Waals surface area contributed by atoms with Crippen LogP contribution in [0, 0.1) is 11.3 Å². The van der Waals surface area contributed by atoms with Crippen molar-refractivity contribution in [1.29, 1.82) is 0 Å². The standard InChI is InChI=1S/C9H18O3.K/c1-7(5-8(10)12-11)6-9(2,3)4;/h7,11H,5-6H2,1-4H3;/q;+1/p-1. The Kier molecular flexibility index (Phi) is 9.35. The van der Waals surface area contributed by atoms with Gasteiger partial charge in [0.15, 0.2) is 0 Å². The van der Waals surface area contributed by atoms with Gasteiger partial charge in [0, 0.05) is 6.42 Å². The topological polar surface area (TPSA) is 49.4 Å². The minimum Gasteiger partial charge on any atom is -0.662 e. The maximum Gasteiger partial charge on any atom is 1.00 e. The Bertz CT molecular complexity index is 151. The van der Waals surface area contributed by atoms with E-state index < -0.39 is 5.97 Å². The Hall–Kier alpha value is 1.07. The Labute approximate surface area is 123 Å². The quantitative estimate of drug-likeness (QED) is 0.317. The van der Waals surface area contributed by atoms with E-state index in [4.69, 9.17) is 0 Å². The van der Waals surface area contributed by atoms with E-state index in [1.807, 2.05) is 6.92 Å². The number of carbonyl (C=O) groups is 1. The van der Waals surface area contributed by atoms with E-state index in [1.54, 1.807) is 0 Å². The minimum atomic E-state index is -0.660. The normalized spacial score (nSPS) is 13.0. The van der Waals surface area contributed by atoms with Crippen LogP contribution in [0.5, 0.6) is 0 Å². The zero-order valence-electron chi connectivity index (χ0n) is 9.22. The number of hydrogen-bond acceptors (Lipinski definition) is 3. The third-order valence-electron chi connectivity index (χ3n) is 1.57. The molecular formula is C9H17KO3. The van der Waals surface area contributed by atoms with Crippen LogP contribution in [0.2, 0.25) is 0 Å². The molecule has 0 bridgehead atoms. The van der Waals surface area contributed by atoms with Crippen molar-refractivity contribution in [3.8, 4) is 0 Å². The Morgan fingerprint density at radius 2 is 1.92 bits per heavy atom. The third kappa shape index (κ3) is 11.0. The van der Waals surface area contributed by atoms with Gasteiger partial charge >= 0.3 is 51.4 Å². The summed E-state index contributed by atoms with van der Waals surface area (Å²) in [7, 11) is 0. The van der Waals surface area contributed by atoms with Crippen molar-refractivity contribution in [3.63, 3.8) is 0 Å². The molecule has 0 fully saturated rings. The first-order valence-electron chi connectivity index (χ1n) is 4.18. The Morgan fingerprint density at radius 3 is 2.23 bits per heavy atom. The Balaban J connectivity index is 0. The van der Waals surface area contributed by atoms with Crippen LogP contribution < -0.4 is 56.6 Å². The van der Waals surface area contributed by atoms with E-state index in [1.165, 1.54) is 0 Å². The van der Waals surface area contributed by atoms with Gasteiger partial charge in [0.2, 0.25) is 0 Å². The maximum atomic E-state index is 10.6. The van der Waals surface area contributed by atoms with Crippen molar-refractivity contribution in [2.24, 2.45) is 11.3 Å². The second-order valence-corrected chi connectivity index (χ2v) is 4.53. The Morgan fingerprint density at radius 1 is 1.46 bits per heavy atom. The number of rotatable bonds is 3. The van der Waals surface area contributed by atoms with Crippen LogP contribution >= 0.6 is 0 Å². The minimum absolute atomic E-state index is 0. The van der Waals surface area contributed by atoms with Crippen molar-refractivity contribution in [2.75, 3.05) is 0 Å². The molecular weight excluding hydrogens is 195 g/mol. The van der Waals surface area contributed by atoms with Crippen LogP contribution in [-0.2, 0) is 9.68 Å². The van der Waals surface area contributed by atoms with Gasteiger partial charge in [-0.1, -0.05) is 27.7 Å². The van der Waals surface area contributed by atoms with Crippen LogP contribution in [0.25, 0.3) is 0 Å². The predicted octanol–water partition coefficient (Wildman–Crippen LogP) is -1.73. The maximum absolute atomic E-state index is 10.6. The van der Waals surface area contributed by atoms with E-state index in [0.29, 0.717) is 0 Å². The molecule has 0 amide bonds. The zero-order chi connectivity index (χ0) is 9.78. The summed E-state index contributed by atoms with van der Waals surface area (Å²) < 4.78 is 0. The first-order chi connectivity index (χ1) is 5.35. The second-order valence-electron chi connectivity index (χ2n) is 4.53. The summed E-state index contributed by atoms with van der Waals surface area (Å²) >= 11 is 0. The molecule has 72 valence electrons. The van der Waals surface area contributed by atoms with Crippen molar-refractivity contribution < 1.29 is 66.3 Å². The average Bonchev–Trinajstić information content (AvgIpc) is 1.82. The van der Waals surface area contributed by atoms with Crippen LogP contribution in [0.15, 0.2) is 0 Å². The first-order valence-corrected chi connectivity index (χ1v) is 4.18. The summed E-state index contributed by atoms with van der Waals surface area (Å²) in [5, 5.41) is 9.68. The monoisotopic (exact) mass is 212 g/mol. The third-order valence-corrected chi connectivity index (χ3v) is 1.57. The van der Waals surface area contributed by atoms with Crippen LogP contribution in [-0.4, -0.2) is 5.97 Å². The molecule has 0 aromatic carbocycles. The molecule has 1 unspecified atom stereocenters. The molecule has 3 nitrogen and oxygen atoms in total. The smallest absolute Gasteiger partial charge is 0.662 e. The summed E-state index contributed by atoms with van der Waals surface area (Å²) in [6.07, 6.45) is 1.14. The van der Waals surface area contributed by atoms with Crippen LogP contribution in [0.4, 0.5) is 0 Å². The molecule has 0 rings (SSSR count). The fraction of sp³-hybridized carbons (Fsp3) is 0.889. The van der Waals surface area contributed by atoms with Crippen LogP contribution in [0.1, 0.15) is 40.5 Å². The molecule has 0 N–H and O–H groups in total. The van der Waals surface area contributed by atoms with Gasteiger partial charge in [0.05, 0.1) is 0 Å². The molecule has 4 heteroatoms. The molecule has 0 saturated carbocycles. The summed E-state index contributed by atoms with van der Waals surface area (Å²) in [5.41, 5.74) is 0.197. The molecule has 13 heavy (non-hydrogen) atoms. The largest absolute Gasteiger partial charge is 1.00 e. The fourth-order valence-electron chi connectivity index (χ4n) is 1.44. The molecule has 0 aromatic heterocycles. The first kappa shape index (κ1) is 16.5. The molecule has 0 aliphatic heterocycles. The zero-order valence-corrected chi connectivity index (χ0v) is 12.3. The van der Waals surface area contributed by atoms with E-state index >= 15 is 0 Å². The molecule has 0 heterocycles. The molecule has 0 aliphatic carbocycles. The van der Waals surface area contributed by atoms with E-state index in [9.17, 15) is 10.1 Å². The summed E-state index contributed by atoms with van der Waals surface area (Å²) in [6, 6.07) is 0. The van der Waals surface area contributed by atoms with Crippen molar-refractivity contribution >= 4 is 5.97 Å². The van der Waals surface area contributed by atoms with Gasteiger partial charge < -0.3 is 10.1 Å². The molecule has 0 radical (unpaired) electrons. The summed E-state index contributed by atoms with van der Waals surface area (Å²) in [6.45, 7) is 8.26. The number of hydrogen-bond donors (Lipinski definition) is 0. The van der Waals surface area contributed by atoms with Gasteiger partial charge in [-0.2, -0.15) is 0 Å². The predicted molar refractivity (Wildman–Crippen MR) is 43.9 cm³/mol.